The zero-order valence-corrected chi connectivity index (χ0v) is 28.6. The van der Waals surface area contributed by atoms with E-state index in [1.165, 1.54) is 36.4 Å². The molecule has 11 nitrogen and oxygen atoms in total. The Morgan fingerprint density at radius 1 is 0.604 bits per heavy atom. The summed E-state index contributed by atoms with van der Waals surface area (Å²) in [6.07, 6.45) is 0. The molecule has 6 rings (SSSR count). The zero-order valence-electron chi connectivity index (χ0n) is 25.4. The number of nitrogen functional groups attached to an aromatic ring is 2. The van der Waals surface area contributed by atoms with Crippen LogP contribution in [0.4, 0.5) is 22.7 Å². The molecule has 0 radical (unpaired) electrons. The van der Waals surface area contributed by atoms with Gasteiger partial charge in [0.25, 0.3) is 20.0 Å². The van der Waals surface area contributed by atoms with E-state index in [-0.39, 0.29) is 65.0 Å². The quantitative estimate of drug-likeness (QED) is 0.128. The number of carbonyl (C=O) groups is 2. The number of anilines is 4. The Hall–Kier alpha value is -5.18. The van der Waals surface area contributed by atoms with Gasteiger partial charge in [-0.3, -0.25) is 19.0 Å². The molecule has 1 aliphatic rings. The van der Waals surface area contributed by atoms with E-state index >= 15 is 0 Å². The van der Waals surface area contributed by atoms with E-state index < -0.39 is 31.6 Å². The lowest BCUT2D eigenvalue weighted by atomic mass is 9.80. The zero-order chi connectivity index (χ0) is 34.5. The third-order valence-electron chi connectivity index (χ3n) is 7.68. The van der Waals surface area contributed by atoms with Crippen LogP contribution in [0.5, 0.6) is 11.5 Å². The maximum atomic E-state index is 14.5. The van der Waals surface area contributed by atoms with Crippen LogP contribution in [0.1, 0.15) is 43.0 Å². The summed E-state index contributed by atoms with van der Waals surface area (Å²) >= 11 is 3.27. The Morgan fingerprint density at radius 2 is 1.04 bits per heavy atom. The molecule has 48 heavy (non-hydrogen) atoms. The van der Waals surface area contributed by atoms with Crippen molar-refractivity contribution in [1.82, 2.24) is 0 Å². The Balaban J connectivity index is 1.56. The maximum absolute atomic E-state index is 14.5. The van der Waals surface area contributed by atoms with E-state index in [2.05, 4.69) is 25.4 Å². The highest BCUT2D eigenvalue weighted by Crippen LogP contribution is 2.47. The monoisotopic (exact) mass is 746 g/mol. The van der Waals surface area contributed by atoms with Gasteiger partial charge in [0, 0.05) is 10.5 Å². The third kappa shape index (κ3) is 5.89. The highest BCUT2D eigenvalue weighted by atomic mass is 79.9. The van der Waals surface area contributed by atoms with Gasteiger partial charge in [0.2, 0.25) is 0 Å². The van der Waals surface area contributed by atoms with Crippen molar-refractivity contribution in [2.75, 3.05) is 20.9 Å². The molecule has 0 saturated heterocycles. The largest absolute Gasteiger partial charge is 0.455 e. The fourth-order valence-corrected chi connectivity index (χ4v) is 7.79. The molecule has 0 saturated carbocycles. The van der Waals surface area contributed by atoms with Gasteiger partial charge in [-0.25, -0.2) is 16.8 Å². The topological polar surface area (TPSA) is 188 Å². The minimum atomic E-state index is -4.31. The van der Waals surface area contributed by atoms with E-state index in [9.17, 15) is 26.4 Å². The van der Waals surface area contributed by atoms with Crippen molar-refractivity contribution in [1.29, 1.82) is 0 Å². The van der Waals surface area contributed by atoms with Crippen LogP contribution in [0.15, 0.2) is 105 Å². The van der Waals surface area contributed by atoms with Crippen LogP contribution in [0.25, 0.3) is 0 Å². The van der Waals surface area contributed by atoms with Crippen LogP contribution in [0.2, 0.25) is 0 Å². The highest BCUT2D eigenvalue weighted by molar-refractivity contribution is 9.10. The van der Waals surface area contributed by atoms with Gasteiger partial charge in [0.05, 0.1) is 54.8 Å². The lowest BCUT2D eigenvalue weighted by Crippen LogP contribution is -2.28. The number of para-hydroxylation sites is 1. The number of benzene rings is 5. The molecular weight excluding hydrogens is 720 g/mol. The normalized spacial score (nSPS) is 12.6. The Bertz CT molecular complexity index is 2360. The molecule has 0 amide bonds. The summed E-state index contributed by atoms with van der Waals surface area (Å²) in [5.41, 5.74) is 12.1. The van der Waals surface area contributed by atoms with E-state index in [1.54, 1.807) is 68.4 Å². The first-order valence-electron chi connectivity index (χ1n) is 14.3. The van der Waals surface area contributed by atoms with Gasteiger partial charge in [-0.2, -0.15) is 0 Å². The van der Waals surface area contributed by atoms with Gasteiger partial charge in [0.1, 0.15) is 5.75 Å². The summed E-state index contributed by atoms with van der Waals surface area (Å²) in [7, 11) is -8.57. The lowest BCUT2D eigenvalue weighted by molar-refractivity contribution is 0.0981. The predicted molar refractivity (Wildman–Crippen MR) is 187 cm³/mol. The molecule has 14 heteroatoms. The van der Waals surface area contributed by atoms with E-state index in [1.807, 2.05) is 0 Å². The van der Waals surface area contributed by atoms with E-state index in [4.69, 9.17) is 16.2 Å². The van der Waals surface area contributed by atoms with Crippen LogP contribution in [-0.4, -0.2) is 28.4 Å². The second-order valence-corrected chi connectivity index (χ2v) is 15.3. The molecule has 0 unspecified atom stereocenters. The molecule has 0 aliphatic heterocycles. The van der Waals surface area contributed by atoms with Crippen LogP contribution >= 0.6 is 15.9 Å². The van der Waals surface area contributed by atoms with E-state index in [0.717, 1.165) is 11.1 Å². The van der Waals surface area contributed by atoms with Gasteiger partial charge in [-0.15, -0.1) is 0 Å². The smallest absolute Gasteiger partial charge is 0.261 e. The second-order valence-electron chi connectivity index (χ2n) is 11.1. The number of fused-ring (bicyclic) bond motifs is 2. The van der Waals surface area contributed by atoms with Crippen LogP contribution < -0.4 is 25.6 Å². The summed E-state index contributed by atoms with van der Waals surface area (Å²) < 4.78 is 65.0. The summed E-state index contributed by atoms with van der Waals surface area (Å²) in [5.74, 6) is -1.56. The molecule has 0 spiro atoms. The standard InChI is InChI=1S/C34H27BrN4O7S2/c1-18-8-12-21(13-9-18)47(42,43)38-24-16-23(35)31(36)29-27(24)34(41)30-28(33(29)40)25(39-48(44,45)22-14-10-19(2)11-15-22)17-26(32(30)37)46-20-6-4-3-5-7-20/h3-17,38-39H,36-37H2,1-2H3. The summed E-state index contributed by atoms with van der Waals surface area (Å²) in [5, 5.41) is 0. The number of aryl methyl sites for hydroxylation is 2. The van der Waals surface area contributed by atoms with Crippen molar-refractivity contribution >= 4 is 70.3 Å². The number of sulfonamides is 2. The number of halogens is 1. The Labute approximate surface area is 285 Å². The van der Waals surface area contributed by atoms with Crippen molar-refractivity contribution < 1.29 is 31.2 Å². The molecule has 244 valence electrons. The first kappa shape index (κ1) is 32.7. The number of carbonyl (C=O) groups excluding carboxylic acids is 2. The van der Waals surface area contributed by atoms with Gasteiger partial charge in [0.15, 0.2) is 17.3 Å². The van der Waals surface area contributed by atoms with Gasteiger partial charge in [-0.1, -0.05) is 53.6 Å². The minimum Gasteiger partial charge on any atom is -0.455 e. The molecule has 0 heterocycles. The first-order chi connectivity index (χ1) is 22.7. The van der Waals surface area contributed by atoms with Gasteiger partial charge in [-0.05, 0) is 72.2 Å². The van der Waals surface area contributed by atoms with Gasteiger partial charge < -0.3 is 16.2 Å². The van der Waals surface area contributed by atoms with Crippen LogP contribution in [0, 0.1) is 13.8 Å². The summed E-state index contributed by atoms with van der Waals surface area (Å²) in [6, 6.07) is 22.9. The predicted octanol–water partition coefficient (Wildman–Crippen LogP) is 6.40. The molecule has 0 atom stereocenters. The SMILES string of the molecule is Cc1ccc(S(=O)(=O)Nc2cc(Br)c(N)c3c2C(=O)c2c(N)c(Oc4ccccc4)cc(NS(=O)(=O)c4ccc(C)cc4)c2C3=O)cc1. The summed E-state index contributed by atoms with van der Waals surface area (Å²) in [4.78, 5) is 28.7. The molecule has 0 bridgehead atoms. The van der Waals surface area contributed by atoms with Crippen molar-refractivity contribution in [3.05, 3.63) is 129 Å². The van der Waals surface area contributed by atoms with Crippen LogP contribution in [-0.2, 0) is 20.0 Å². The molecule has 0 fully saturated rings. The van der Waals surface area contributed by atoms with E-state index in [0.29, 0.717) is 5.75 Å². The summed E-state index contributed by atoms with van der Waals surface area (Å²) in [6.45, 7) is 3.60. The lowest BCUT2D eigenvalue weighted by Gasteiger charge is -2.27. The molecule has 0 aromatic heterocycles. The minimum absolute atomic E-state index is 0.0874. The number of nitrogens with one attached hydrogen (secondary N) is 2. The van der Waals surface area contributed by atoms with Gasteiger partial charge >= 0.3 is 0 Å². The average molecular weight is 748 g/mol. The molecule has 1 aliphatic carbocycles. The second kappa shape index (κ2) is 12.1. The number of ether oxygens (including phenoxy) is 1. The number of ketones is 2. The highest BCUT2D eigenvalue weighted by Gasteiger charge is 2.40. The number of rotatable bonds is 8. The van der Waals surface area contributed by atoms with Crippen molar-refractivity contribution in [2.24, 2.45) is 0 Å². The Kier molecular flexibility index (Phi) is 8.27. The number of hydrogen-bond acceptors (Lipinski definition) is 9. The molecular formula is C34H27BrN4O7S2. The maximum Gasteiger partial charge on any atom is 0.261 e. The van der Waals surface area contributed by atoms with Crippen molar-refractivity contribution in [3.63, 3.8) is 0 Å². The van der Waals surface area contributed by atoms with Crippen molar-refractivity contribution in [3.8, 4) is 11.5 Å². The number of nitrogens with two attached hydrogens (primary N) is 2. The fraction of sp³-hybridized carbons (Fsp3) is 0.0588. The average Bonchev–Trinajstić information content (AvgIpc) is 3.03. The first-order valence-corrected chi connectivity index (χ1v) is 18.0. The molecule has 5 aromatic rings. The fourth-order valence-electron chi connectivity index (χ4n) is 5.24. The molecule has 6 N–H and O–H groups in total. The van der Waals surface area contributed by atoms with Crippen molar-refractivity contribution in [2.45, 2.75) is 23.6 Å². The molecule has 5 aromatic carbocycles. The van der Waals surface area contributed by atoms with Crippen LogP contribution in [0.3, 0.4) is 0 Å². The number of hydrogen-bond donors (Lipinski definition) is 4. The Morgan fingerprint density at radius 3 is 1.52 bits per heavy atom. The third-order valence-corrected chi connectivity index (χ3v) is 11.1.